The summed E-state index contributed by atoms with van der Waals surface area (Å²) in [7, 11) is -2.00. The summed E-state index contributed by atoms with van der Waals surface area (Å²) >= 11 is 0. The molecule has 0 spiro atoms. The van der Waals surface area contributed by atoms with Gasteiger partial charge >= 0.3 is 5.97 Å². The Morgan fingerprint density at radius 1 is 1.26 bits per heavy atom. The average molecular weight is 451 g/mol. The SMILES string of the molecule is C=CC[C@H](C)OC(=O)C#CCC(CC[C@@H]1OC(C)(C)O[C@@H]1C=C)O[Si](C)(C)C(C)(C)C. The Hall–Kier alpha value is -1.39. The molecule has 1 aliphatic rings. The van der Waals surface area contributed by atoms with Crippen molar-refractivity contribution in [1.82, 2.24) is 0 Å². The molecule has 31 heavy (non-hydrogen) atoms. The Kier molecular flexibility index (Phi) is 10.2. The maximum atomic E-state index is 12.0. The van der Waals surface area contributed by atoms with E-state index in [0.29, 0.717) is 12.8 Å². The molecule has 1 rings (SSSR count). The molecule has 1 unspecified atom stereocenters. The number of carbonyl (C=O) groups excluding carboxylic acids is 1. The topological polar surface area (TPSA) is 54.0 Å². The minimum absolute atomic E-state index is 0.0734. The molecule has 0 bridgehead atoms. The van der Waals surface area contributed by atoms with Crippen LogP contribution in [-0.2, 0) is 23.4 Å². The van der Waals surface area contributed by atoms with Crippen LogP contribution in [-0.4, -0.2) is 44.5 Å². The molecular formula is C25H42O5Si. The summed E-state index contributed by atoms with van der Waals surface area (Å²) in [5, 5.41) is 0.0797. The van der Waals surface area contributed by atoms with Crippen molar-refractivity contribution in [2.45, 2.75) is 116 Å². The maximum absolute atomic E-state index is 12.0. The molecule has 1 heterocycles. The highest BCUT2D eigenvalue weighted by Crippen LogP contribution is 2.38. The summed E-state index contributed by atoms with van der Waals surface area (Å²) in [6.07, 6.45) is 5.58. The second-order valence-electron chi connectivity index (χ2n) is 10.2. The summed E-state index contributed by atoms with van der Waals surface area (Å²) in [6, 6.07) is 0. The van der Waals surface area contributed by atoms with Crippen molar-refractivity contribution >= 4 is 14.3 Å². The third-order valence-electron chi connectivity index (χ3n) is 5.82. The molecule has 0 aromatic carbocycles. The van der Waals surface area contributed by atoms with Gasteiger partial charge in [-0.15, -0.1) is 13.2 Å². The quantitative estimate of drug-likeness (QED) is 0.139. The lowest BCUT2D eigenvalue weighted by Crippen LogP contribution is -2.44. The van der Waals surface area contributed by atoms with Crippen LogP contribution < -0.4 is 0 Å². The van der Waals surface area contributed by atoms with Gasteiger partial charge < -0.3 is 18.6 Å². The third-order valence-corrected chi connectivity index (χ3v) is 10.4. The summed E-state index contributed by atoms with van der Waals surface area (Å²) in [6.45, 7) is 24.3. The van der Waals surface area contributed by atoms with E-state index < -0.39 is 20.1 Å². The van der Waals surface area contributed by atoms with Crippen molar-refractivity contribution in [2.75, 3.05) is 0 Å². The lowest BCUT2D eigenvalue weighted by atomic mass is 10.0. The summed E-state index contributed by atoms with van der Waals surface area (Å²) in [4.78, 5) is 12.0. The first-order valence-corrected chi connectivity index (χ1v) is 14.1. The normalized spacial score (nSPS) is 22.7. The molecule has 6 heteroatoms. The van der Waals surface area contributed by atoms with Crippen LogP contribution in [0.15, 0.2) is 25.3 Å². The molecular weight excluding hydrogens is 408 g/mol. The van der Waals surface area contributed by atoms with Crippen LogP contribution in [0.1, 0.15) is 67.2 Å². The fourth-order valence-electron chi connectivity index (χ4n) is 3.16. The predicted octanol–water partition coefficient (Wildman–Crippen LogP) is 5.76. The standard InChI is InChI=1S/C25H42O5Si/c1-11-14-19(3)27-23(26)16-13-15-20(30-31(9,10)24(4,5)6)17-18-22-21(12-2)28-25(7,8)29-22/h11-12,19-22H,1-2,14-15,17-18H2,3-10H3/t19-,20?,21+,22-/m0/s1. The van der Waals surface area contributed by atoms with E-state index in [1.165, 1.54) is 0 Å². The van der Waals surface area contributed by atoms with Crippen LogP contribution >= 0.6 is 0 Å². The highest BCUT2D eigenvalue weighted by molar-refractivity contribution is 6.74. The van der Waals surface area contributed by atoms with Gasteiger partial charge in [0, 0.05) is 18.8 Å². The molecule has 0 saturated carbocycles. The zero-order valence-electron chi connectivity index (χ0n) is 20.7. The summed E-state index contributed by atoms with van der Waals surface area (Å²) in [5.74, 6) is 4.45. The van der Waals surface area contributed by atoms with Crippen LogP contribution in [0.25, 0.3) is 0 Å². The van der Waals surface area contributed by atoms with Crippen LogP contribution in [0.2, 0.25) is 18.1 Å². The predicted molar refractivity (Wildman–Crippen MR) is 128 cm³/mol. The summed E-state index contributed by atoms with van der Waals surface area (Å²) < 4.78 is 23.8. The van der Waals surface area contributed by atoms with Crippen LogP contribution in [0.5, 0.6) is 0 Å². The van der Waals surface area contributed by atoms with Crippen molar-refractivity contribution in [3.05, 3.63) is 25.3 Å². The smallest absolute Gasteiger partial charge is 0.384 e. The molecule has 0 amide bonds. The van der Waals surface area contributed by atoms with Crippen molar-refractivity contribution in [2.24, 2.45) is 0 Å². The van der Waals surface area contributed by atoms with Crippen LogP contribution in [0, 0.1) is 11.8 Å². The van der Waals surface area contributed by atoms with Crippen molar-refractivity contribution in [1.29, 1.82) is 0 Å². The molecule has 1 fully saturated rings. The number of carbonyl (C=O) groups is 1. The van der Waals surface area contributed by atoms with Crippen molar-refractivity contribution in [3.63, 3.8) is 0 Å². The largest absolute Gasteiger partial charge is 0.453 e. The number of ether oxygens (including phenoxy) is 3. The first kappa shape index (κ1) is 27.6. The van der Waals surface area contributed by atoms with E-state index in [2.05, 4.69) is 58.9 Å². The number of rotatable bonds is 10. The second kappa shape index (κ2) is 11.5. The molecule has 0 aromatic rings. The van der Waals surface area contributed by atoms with Crippen molar-refractivity contribution in [3.8, 4) is 11.8 Å². The molecule has 1 saturated heterocycles. The van der Waals surface area contributed by atoms with Gasteiger partial charge in [-0.1, -0.05) is 38.8 Å². The van der Waals surface area contributed by atoms with E-state index in [4.69, 9.17) is 18.6 Å². The Bertz CT molecular complexity index is 680. The molecule has 0 aromatic heterocycles. The van der Waals surface area contributed by atoms with Crippen LogP contribution in [0.4, 0.5) is 0 Å². The molecule has 4 atom stereocenters. The van der Waals surface area contributed by atoms with Gasteiger partial charge in [0.1, 0.15) is 12.2 Å². The van der Waals surface area contributed by atoms with E-state index in [1.54, 1.807) is 12.2 Å². The molecule has 0 aliphatic carbocycles. The number of hydrogen-bond acceptors (Lipinski definition) is 5. The first-order chi connectivity index (χ1) is 14.2. The van der Waals surface area contributed by atoms with Gasteiger partial charge in [-0.2, -0.15) is 0 Å². The lowest BCUT2D eigenvalue weighted by molar-refractivity contribution is -0.144. The Balaban J connectivity index is 2.83. The van der Waals surface area contributed by atoms with Gasteiger partial charge in [-0.3, -0.25) is 0 Å². The fourth-order valence-corrected chi connectivity index (χ4v) is 4.55. The molecule has 1 aliphatic heterocycles. The highest BCUT2D eigenvalue weighted by atomic mass is 28.4. The zero-order chi connectivity index (χ0) is 23.9. The molecule has 176 valence electrons. The molecule has 0 N–H and O–H groups in total. The first-order valence-electron chi connectivity index (χ1n) is 11.2. The van der Waals surface area contributed by atoms with E-state index in [-0.39, 0.29) is 29.5 Å². The van der Waals surface area contributed by atoms with Gasteiger partial charge in [0.05, 0.1) is 12.2 Å². The van der Waals surface area contributed by atoms with Gasteiger partial charge in [0.15, 0.2) is 14.1 Å². The van der Waals surface area contributed by atoms with E-state index in [9.17, 15) is 4.79 Å². The minimum Gasteiger partial charge on any atom is -0.453 e. The van der Waals surface area contributed by atoms with E-state index in [1.807, 2.05) is 20.8 Å². The molecule has 0 radical (unpaired) electrons. The van der Waals surface area contributed by atoms with E-state index >= 15 is 0 Å². The Labute approximate surface area is 190 Å². The maximum Gasteiger partial charge on any atom is 0.384 e. The monoisotopic (exact) mass is 450 g/mol. The van der Waals surface area contributed by atoms with Crippen molar-refractivity contribution < 1.29 is 23.4 Å². The Morgan fingerprint density at radius 3 is 2.45 bits per heavy atom. The zero-order valence-corrected chi connectivity index (χ0v) is 21.7. The highest BCUT2D eigenvalue weighted by Gasteiger charge is 2.41. The van der Waals surface area contributed by atoms with Gasteiger partial charge in [0.2, 0.25) is 0 Å². The average Bonchev–Trinajstić information content (AvgIpc) is 2.92. The lowest BCUT2D eigenvalue weighted by Gasteiger charge is -2.39. The fraction of sp³-hybridized carbons (Fsp3) is 0.720. The summed E-state index contributed by atoms with van der Waals surface area (Å²) in [5.41, 5.74) is 0. The van der Waals surface area contributed by atoms with Gasteiger partial charge in [0.25, 0.3) is 0 Å². The number of esters is 1. The molecule has 5 nitrogen and oxygen atoms in total. The van der Waals surface area contributed by atoms with E-state index in [0.717, 1.165) is 12.8 Å². The van der Waals surface area contributed by atoms with Gasteiger partial charge in [-0.05, 0) is 51.7 Å². The van der Waals surface area contributed by atoms with Gasteiger partial charge in [-0.25, -0.2) is 4.79 Å². The Morgan fingerprint density at radius 2 is 1.90 bits per heavy atom. The number of hydrogen-bond donors (Lipinski definition) is 0. The minimum atomic E-state index is -2.00. The van der Waals surface area contributed by atoms with Crippen LogP contribution in [0.3, 0.4) is 0 Å². The second-order valence-corrected chi connectivity index (χ2v) is 15.0. The third kappa shape index (κ3) is 9.32.